The highest BCUT2D eigenvalue weighted by Crippen LogP contribution is 2.29. The Morgan fingerprint density at radius 3 is 2.00 bits per heavy atom. The monoisotopic (exact) mass is 229 g/mol. The number of nitrogens with one attached hydrogen (secondary N) is 1. The molecule has 0 radical (unpaired) electrons. The van der Waals surface area contributed by atoms with Crippen LogP contribution >= 0.6 is 0 Å². The standard InChI is InChI=1S/C14H31NO/c1-11(2)9-15-10-13(14(4,5)6)8-12(3)16-7/h11-13,15H,8-10H2,1-7H3. The first-order valence-corrected chi connectivity index (χ1v) is 6.50. The quantitative estimate of drug-likeness (QED) is 0.723. The predicted octanol–water partition coefficient (Wildman–Crippen LogP) is 3.32. The fourth-order valence-corrected chi connectivity index (χ4v) is 1.79. The first-order valence-electron chi connectivity index (χ1n) is 6.50. The highest BCUT2D eigenvalue weighted by atomic mass is 16.5. The molecule has 0 aliphatic carbocycles. The molecule has 0 aliphatic rings. The van der Waals surface area contributed by atoms with Crippen LogP contribution in [0.1, 0.15) is 48.0 Å². The minimum Gasteiger partial charge on any atom is -0.382 e. The first-order chi connectivity index (χ1) is 7.27. The molecule has 0 aromatic carbocycles. The van der Waals surface area contributed by atoms with Gasteiger partial charge in [0.2, 0.25) is 0 Å². The zero-order valence-corrected chi connectivity index (χ0v) is 12.3. The molecule has 0 rings (SSSR count). The third kappa shape index (κ3) is 7.24. The van der Waals surface area contributed by atoms with Crippen molar-refractivity contribution in [2.24, 2.45) is 17.3 Å². The van der Waals surface area contributed by atoms with Crippen LogP contribution in [-0.2, 0) is 4.74 Å². The summed E-state index contributed by atoms with van der Waals surface area (Å²) in [7, 11) is 1.80. The average Bonchev–Trinajstić information content (AvgIpc) is 2.13. The second-order valence-corrected chi connectivity index (χ2v) is 6.40. The van der Waals surface area contributed by atoms with Crippen LogP contribution < -0.4 is 5.32 Å². The largest absolute Gasteiger partial charge is 0.382 e. The van der Waals surface area contributed by atoms with Gasteiger partial charge in [-0.15, -0.1) is 0 Å². The molecule has 2 unspecified atom stereocenters. The number of ether oxygens (including phenoxy) is 1. The Kier molecular flexibility index (Phi) is 7.25. The van der Waals surface area contributed by atoms with Gasteiger partial charge in [-0.3, -0.25) is 0 Å². The van der Waals surface area contributed by atoms with E-state index in [9.17, 15) is 0 Å². The minimum atomic E-state index is 0.344. The van der Waals surface area contributed by atoms with E-state index >= 15 is 0 Å². The van der Waals surface area contributed by atoms with Gasteiger partial charge in [-0.05, 0) is 43.7 Å². The van der Waals surface area contributed by atoms with Crippen LogP contribution in [0.2, 0.25) is 0 Å². The third-order valence-electron chi connectivity index (χ3n) is 3.19. The van der Waals surface area contributed by atoms with Gasteiger partial charge in [-0.25, -0.2) is 0 Å². The van der Waals surface area contributed by atoms with E-state index in [2.05, 4.69) is 46.9 Å². The van der Waals surface area contributed by atoms with Crippen molar-refractivity contribution in [1.29, 1.82) is 0 Å². The number of methoxy groups -OCH3 is 1. The van der Waals surface area contributed by atoms with Crippen LogP contribution in [0.15, 0.2) is 0 Å². The van der Waals surface area contributed by atoms with Gasteiger partial charge in [0, 0.05) is 7.11 Å². The van der Waals surface area contributed by atoms with E-state index in [1.807, 2.05) is 0 Å². The Morgan fingerprint density at radius 1 is 1.06 bits per heavy atom. The summed E-state index contributed by atoms with van der Waals surface area (Å²) in [6.45, 7) is 15.8. The SMILES string of the molecule is COC(C)CC(CNCC(C)C)C(C)(C)C. The number of hydrogen-bond acceptors (Lipinski definition) is 2. The Balaban J connectivity index is 4.12. The zero-order chi connectivity index (χ0) is 12.8. The molecule has 0 fully saturated rings. The van der Waals surface area contributed by atoms with Crippen molar-refractivity contribution in [2.45, 2.75) is 54.1 Å². The van der Waals surface area contributed by atoms with Crippen LogP contribution in [0.3, 0.4) is 0 Å². The number of rotatable bonds is 7. The molecule has 2 nitrogen and oxygen atoms in total. The lowest BCUT2D eigenvalue weighted by Crippen LogP contribution is -2.35. The molecule has 0 aliphatic heterocycles. The van der Waals surface area contributed by atoms with Gasteiger partial charge in [0.05, 0.1) is 6.10 Å². The van der Waals surface area contributed by atoms with Crippen LogP contribution in [0.4, 0.5) is 0 Å². The van der Waals surface area contributed by atoms with Gasteiger partial charge < -0.3 is 10.1 Å². The summed E-state index contributed by atoms with van der Waals surface area (Å²) in [5.41, 5.74) is 0.344. The smallest absolute Gasteiger partial charge is 0.0546 e. The fourth-order valence-electron chi connectivity index (χ4n) is 1.79. The van der Waals surface area contributed by atoms with Gasteiger partial charge in [0.1, 0.15) is 0 Å². The van der Waals surface area contributed by atoms with E-state index in [1.54, 1.807) is 7.11 Å². The van der Waals surface area contributed by atoms with E-state index in [0.717, 1.165) is 25.4 Å². The van der Waals surface area contributed by atoms with Crippen molar-refractivity contribution >= 4 is 0 Å². The number of hydrogen-bond donors (Lipinski definition) is 1. The maximum Gasteiger partial charge on any atom is 0.0546 e. The molecule has 0 amide bonds. The Bertz CT molecular complexity index is 172. The molecule has 1 N–H and O–H groups in total. The maximum atomic E-state index is 5.38. The van der Waals surface area contributed by atoms with Crippen LogP contribution in [0, 0.1) is 17.3 Å². The fraction of sp³-hybridized carbons (Fsp3) is 1.00. The summed E-state index contributed by atoms with van der Waals surface area (Å²) < 4.78 is 5.38. The van der Waals surface area contributed by atoms with Gasteiger partial charge in [0.15, 0.2) is 0 Å². The lowest BCUT2D eigenvalue weighted by Gasteiger charge is -2.33. The third-order valence-corrected chi connectivity index (χ3v) is 3.19. The van der Waals surface area contributed by atoms with Crippen molar-refractivity contribution < 1.29 is 4.74 Å². The highest BCUT2D eigenvalue weighted by molar-refractivity contribution is 4.78. The molecule has 2 heteroatoms. The summed E-state index contributed by atoms with van der Waals surface area (Å²) in [4.78, 5) is 0. The summed E-state index contributed by atoms with van der Waals surface area (Å²) in [5, 5.41) is 3.57. The molecule has 2 atom stereocenters. The van der Waals surface area contributed by atoms with E-state index in [0.29, 0.717) is 17.4 Å². The van der Waals surface area contributed by atoms with Crippen molar-refractivity contribution in [3.63, 3.8) is 0 Å². The lowest BCUT2D eigenvalue weighted by molar-refractivity contribution is 0.0695. The van der Waals surface area contributed by atoms with Crippen molar-refractivity contribution in [3.8, 4) is 0 Å². The molecular formula is C14H31NO. The first kappa shape index (κ1) is 15.9. The van der Waals surface area contributed by atoms with E-state index in [1.165, 1.54) is 0 Å². The molecule has 0 spiro atoms. The summed E-state index contributed by atoms with van der Waals surface area (Å²) in [6, 6.07) is 0. The molecule has 16 heavy (non-hydrogen) atoms. The molecule has 0 aromatic rings. The highest BCUT2D eigenvalue weighted by Gasteiger charge is 2.25. The second-order valence-electron chi connectivity index (χ2n) is 6.40. The summed E-state index contributed by atoms with van der Waals surface area (Å²) in [6.07, 6.45) is 1.48. The predicted molar refractivity (Wildman–Crippen MR) is 71.7 cm³/mol. The topological polar surface area (TPSA) is 21.3 Å². The molecule has 98 valence electrons. The van der Waals surface area contributed by atoms with Gasteiger partial charge in [-0.2, -0.15) is 0 Å². The van der Waals surface area contributed by atoms with Gasteiger partial charge >= 0.3 is 0 Å². The molecule has 0 heterocycles. The molecular weight excluding hydrogens is 198 g/mol. The lowest BCUT2D eigenvalue weighted by atomic mass is 9.77. The molecule has 0 saturated heterocycles. The Morgan fingerprint density at radius 2 is 1.62 bits per heavy atom. The van der Waals surface area contributed by atoms with Crippen molar-refractivity contribution in [3.05, 3.63) is 0 Å². The molecule has 0 bridgehead atoms. The van der Waals surface area contributed by atoms with Crippen LogP contribution in [0.5, 0.6) is 0 Å². The van der Waals surface area contributed by atoms with Crippen LogP contribution in [-0.4, -0.2) is 26.3 Å². The van der Waals surface area contributed by atoms with Gasteiger partial charge in [-0.1, -0.05) is 34.6 Å². The summed E-state index contributed by atoms with van der Waals surface area (Å²) >= 11 is 0. The maximum absolute atomic E-state index is 5.38. The molecule has 0 saturated carbocycles. The van der Waals surface area contributed by atoms with E-state index < -0.39 is 0 Å². The van der Waals surface area contributed by atoms with E-state index in [4.69, 9.17) is 4.74 Å². The Hall–Kier alpha value is -0.0800. The molecule has 0 aromatic heterocycles. The second kappa shape index (κ2) is 7.29. The zero-order valence-electron chi connectivity index (χ0n) is 12.3. The normalized spacial score (nSPS) is 16.5. The van der Waals surface area contributed by atoms with Crippen molar-refractivity contribution in [1.82, 2.24) is 5.32 Å². The van der Waals surface area contributed by atoms with Crippen LogP contribution in [0.25, 0.3) is 0 Å². The van der Waals surface area contributed by atoms with E-state index in [-0.39, 0.29) is 0 Å². The summed E-state index contributed by atoms with van der Waals surface area (Å²) in [5.74, 6) is 1.39. The average molecular weight is 229 g/mol. The van der Waals surface area contributed by atoms with Gasteiger partial charge in [0.25, 0.3) is 0 Å². The Labute approximate surface area is 102 Å². The minimum absolute atomic E-state index is 0.344. The van der Waals surface area contributed by atoms with Crippen molar-refractivity contribution in [2.75, 3.05) is 20.2 Å².